The predicted octanol–water partition coefficient (Wildman–Crippen LogP) is 3.16. The lowest BCUT2D eigenvalue weighted by atomic mass is 10.1. The summed E-state index contributed by atoms with van der Waals surface area (Å²) in [5.74, 6) is 1.04. The number of hydrogen-bond donors (Lipinski definition) is 0. The van der Waals surface area contributed by atoms with E-state index in [1.54, 1.807) is 55.6 Å². The first-order valence-electron chi connectivity index (χ1n) is 6.51. The third-order valence-electron chi connectivity index (χ3n) is 3.02. The molecular formula is C17H16O4. The average Bonchev–Trinajstić information content (AvgIpc) is 2.53. The fourth-order valence-electron chi connectivity index (χ4n) is 1.81. The molecule has 2 aromatic carbocycles. The molecule has 21 heavy (non-hydrogen) atoms. The van der Waals surface area contributed by atoms with E-state index < -0.39 is 0 Å². The van der Waals surface area contributed by atoms with Crippen LogP contribution < -0.4 is 9.47 Å². The van der Waals surface area contributed by atoms with Crippen molar-refractivity contribution in [1.29, 1.82) is 0 Å². The van der Waals surface area contributed by atoms with Gasteiger partial charge in [0.15, 0.2) is 18.2 Å². The van der Waals surface area contributed by atoms with Gasteiger partial charge in [0.25, 0.3) is 0 Å². The van der Waals surface area contributed by atoms with Crippen LogP contribution in [0.2, 0.25) is 0 Å². The van der Waals surface area contributed by atoms with Crippen LogP contribution >= 0.6 is 0 Å². The maximum Gasteiger partial charge on any atom is 0.200 e. The molecule has 0 amide bonds. The molecule has 0 aliphatic carbocycles. The van der Waals surface area contributed by atoms with E-state index in [-0.39, 0.29) is 18.2 Å². The number of ketones is 2. The fraction of sp³-hybridized carbons (Fsp3) is 0.176. The number of Topliss-reactive ketones (excluding diaryl/α,β-unsaturated/α-hetero) is 2. The average molecular weight is 284 g/mol. The van der Waals surface area contributed by atoms with E-state index in [0.29, 0.717) is 22.6 Å². The highest BCUT2D eigenvalue weighted by atomic mass is 16.5. The molecule has 0 heterocycles. The van der Waals surface area contributed by atoms with Crippen molar-refractivity contribution in [2.45, 2.75) is 6.92 Å². The van der Waals surface area contributed by atoms with Gasteiger partial charge in [-0.3, -0.25) is 9.59 Å². The molecule has 0 N–H and O–H groups in total. The first kappa shape index (κ1) is 14.8. The molecule has 0 aliphatic rings. The van der Waals surface area contributed by atoms with Gasteiger partial charge in [-0.05, 0) is 43.3 Å². The number of ether oxygens (including phenoxy) is 2. The van der Waals surface area contributed by atoms with Crippen LogP contribution in [0.4, 0.5) is 0 Å². The summed E-state index contributed by atoms with van der Waals surface area (Å²) in [7, 11) is 1.55. The Hall–Kier alpha value is -2.62. The number of carbonyl (C=O) groups excluding carboxylic acids is 2. The highest BCUT2D eigenvalue weighted by Crippen LogP contribution is 2.15. The summed E-state index contributed by atoms with van der Waals surface area (Å²) in [4.78, 5) is 23.2. The van der Waals surface area contributed by atoms with Crippen molar-refractivity contribution in [2.24, 2.45) is 0 Å². The van der Waals surface area contributed by atoms with E-state index in [1.807, 2.05) is 0 Å². The van der Waals surface area contributed by atoms with E-state index in [4.69, 9.17) is 9.47 Å². The van der Waals surface area contributed by atoms with Crippen LogP contribution in [-0.2, 0) is 0 Å². The molecule has 0 radical (unpaired) electrons. The second kappa shape index (κ2) is 6.70. The molecule has 0 atom stereocenters. The van der Waals surface area contributed by atoms with Crippen LogP contribution in [0, 0.1) is 0 Å². The zero-order valence-corrected chi connectivity index (χ0v) is 12.0. The Balaban J connectivity index is 1.98. The monoisotopic (exact) mass is 284 g/mol. The van der Waals surface area contributed by atoms with Crippen LogP contribution in [0.3, 0.4) is 0 Å². The summed E-state index contributed by atoms with van der Waals surface area (Å²) in [5.41, 5.74) is 1.15. The Morgan fingerprint density at radius 1 is 0.952 bits per heavy atom. The third-order valence-corrected chi connectivity index (χ3v) is 3.02. The Labute approximate surface area is 123 Å². The predicted molar refractivity (Wildman–Crippen MR) is 79.3 cm³/mol. The third kappa shape index (κ3) is 3.92. The van der Waals surface area contributed by atoms with Crippen molar-refractivity contribution < 1.29 is 19.1 Å². The van der Waals surface area contributed by atoms with Crippen LogP contribution in [0.15, 0.2) is 48.5 Å². The number of carbonyl (C=O) groups is 2. The summed E-state index contributed by atoms with van der Waals surface area (Å²) in [5, 5.41) is 0. The molecule has 4 heteroatoms. The molecule has 0 aliphatic heterocycles. The lowest BCUT2D eigenvalue weighted by Crippen LogP contribution is -2.11. The van der Waals surface area contributed by atoms with Gasteiger partial charge in [-0.15, -0.1) is 0 Å². The Kier molecular flexibility index (Phi) is 4.72. The highest BCUT2D eigenvalue weighted by Gasteiger charge is 2.08. The van der Waals surface area contributed by atoms with Gasteiger partial charge in [0, 0.05) is 11.1 Å². The molecule has 108 valence electrons. The van der Waals surface area contributed by atoms with Gasteiger partial charge in [-0.25, -0.2) is 0 Å². The van der Waals surface area contributed by atoms with Crippen LogP contribution in [0.5, 0.6) is 11.5 Å². The van der Waals surface area contributed by atoms with Gasteiger partial charge in [0.05, 0.1) is 7.11 Å². The topological polar surface area (TPSA) is 52.6 Å². The van der Waals surface area contributed by atoms with Gasteiger partial charge in [0.1, 0.15) is 11.5 Å². The van der Waals surface area contributed by atoms with Crippen molar-refractivity contribution >= 4 is 11.6 Å². The fourth-order valence-corrected chi connectivity index (χ4v) is 1.81. The molecule has 0 unspecified atom stereocenters. The minimum Gasteiger partial charge on any atom is -0.497 e. The largest absolute Gasteiger partial charge is 0.497 e. The molecule has 0 saturated carbocycles. The summed E-state index contributed by atoms with van der Waals surface area (Å²) in [6, 6.07) is 13.6. The first-order valence-corrected chi connectivity index (χ1v) is 6.51. The second-order valence-corrected chi connectivity index (χ2v) is 4.52. The van der Waals surface area contributed by atoms with Gasteiger partial charge >= 0.3 is 0 Å². The quantitative estimate of drug-likeness (QED) is 0.765. The Morgan fingerprint density at radius 3 is 2.29 bits per heavy atom. The number of hydrogen-bond acceptors (Lipinski definition) is 4. The van der Waals surface area contributed by atoms with Gasteiger partial charge in [0.2, 0.25) is 0 Å². The normalized spacial score (nSPS) is 10.0. The van der Waals surface area contributed by atoms with E-state index in [9.17, 15) is 9.59 Å². The van der Waals surface area contributed by atoms with Crippen molar-refractivity contribution in [3.63, 3.8) is 0 Å². The molecular weight excluding hydrogens is 268 g/mol. The van der Waals surface area contributed by atoms with Crippen LogP contribution in [0.1, 0.15) is 27.6 Å². The van der Waals surface area contributed by atoms with Crippen LogP contribution in [0.25, 0.3) is 0 Å². The lowest BCUT2D eigenvalue weighted by molar-refractivity contribution is 0.0920. The maximum absolute atomic E-state index is 12.0. The Bertz CT molecular complexity index is 644. The Morgan fingerprint density at radius 2 is 1.67 bits per heavy atom. The van der Waals surface area contributed by atoms with Gasteiger partial charge < -0.3 is 9.47 Å². The number of rotatable bonds is 6. The molecule has 0 saturated heterocycles. The summed E-state index contributed by atoms with van der Waals surface area (Å²) < 4.78 is 10.5. The summed E-state index contributed by atoms with van der Waals surface area (Å²) in [6.07, 6.45) is 0. The van der Waals surface area contributed by atoms with E-state index in [1.165, 1.54) is 6.92 Å². The lowest BCUT2D eigenvalue weighted by Gasteiger charge is -2.07. The zero-order valence-electron chi connectivity index (χ0n) is 12.0. The summed E-state index contributed by atoms with van der Waals surface area (Å²) >= 11 is 0. The molecule has 0 aromatic heterocycles. The van der Waals surface area contributed by atoms with Crippen LogP contribution in [-0.4, -0.2) is 25.3 Å². The number of benzene rings is 2. The van der Waals surface area contributed by atoms with Gasteiger partial charge in [-0.1, -0.05) is 12.1 Å². The van der Waals surface area contributed by atoms with Crippen molar-refractivity contribution in [2.75, 3.05) is 13.7 Å². The van der Waals surface area contributed by atoms with Crippen molar-refractivity contribution in [3.8, 4) is 11.5 Å². The molecule has 0 bridgehead atoms. The SMILES string of the molecule is COc1cccc(C(=O)COc2ccc(C(C)=O)cc2)c1. The second-order valence-electron chi connectivity index (χ2n) is 4.52. The number of methoxy groups -OCH3 is 1. The molecule has 0 spiro atoms. The van der Waals surface area contributed by atoms with E-state index in [0.717, 1.165) is 0 Å². The molecule has 4 nitrogen and oxygen atoms in total. The van der Waals surface area contributed by atoms with E-state index in [2.05, 4.69) is 0 Å². The molecule has 2 aromatic rings. The smallest absolute Gasteiger partial charge is 0.200 e. The van der Waals surface area contributed by atoms with Crippen molar-refractivity contribution in [1.82, 2.24) is 0 Å². The summed E-state index contributed by atoms with van der Waals surface area (Å²) in [6.45, 7) is 1.44. The molecule has 2 rings (SSSR count). The first-order chi connectivity index (χ1) is 10.1. The van der Waals surface area contributed by atoms with E-state index >= 15 is 0 Å². The standard InChI is InChI=1S/C17H16O4/c1-12(18)13-6-8-15(9-7-13)21-11-17(19)14-4-3-5-16(10-14)20-2/h3-10H,11H2,1-2H3. The van der Waals surface area contributed by atoms with Crippen molar-refractivity contribution in [3.05, 3.63) is 59.7 Å². The minimum atomic E-state index is -0.135. The maximum atomic E-state index is 12.0. The minimum absolute atomic E-state index is 0.00555. The van der Waals surface area contributed by atoms with Gasteiger partial charge in [-0.2, -0.15) is 0 Å². The molecule has 0 fully saturated rings. The highest BCUT2D eigenvalue weighted by molar-refractivity contribution is 5.97. The zero-order chi connectivity index (χ0) is 15.2.